The fraction of sp³-hybridized carbons (Fsp3) is 0.594. The molecule has 1 atom stereocenters. The molecule has 0 aromatic heterocycles. The van der Waals surface area contributed by atoms with Gasteiger partial charge >= 0.3 is 7.94 Å². The fourth-order valence-corrected chi connectivity index (χ4v) is 8.54. The van der Waals surface area contributed by atoms with E-state index in [4.69, 9.17) is 9.05 Å². The molecule has 6 heteroatoms. The maximum Gasteiger partial charge on any atom is 0.338 e. The monoisotopic (exact) mass is 537 g/mol. The Labute approximate surface area is 230 Å². The molecule has 2 fully saturated rings. The minimum Gasteiger partial charge on any atom is -0.616 e. The van der Waals surface area contributed by atoms with Gasteiger partial charge in [0.05, 0.1) is 0 Å². The highest BCUT2D eigenvalue weighted by molar-refractivity contribution is 7.61. The zero-order chi connectivity index (χ0) is 27.5. The molecule has 1 N–H and O–H groups in total. The molecular weight excluding hydrogens is 491 g/mol. The number of rotatable bonds is 1. The van der Waals surface area contributed by atoms with Crippen molar-refractivity contribution in [2.24, 2.45) is 0 Å². The lowest BCUT2D eigenvalue weighted by Gasteiger charge is -2.44. The van der Waals surface area contributed by atoms with Gasteiger partial charge in [0.15, 0.2) is 23.3 Å². The second kappa shape index (κ2) is 10.1. The third-order valence-electron chi connectivity index (χ3n) is 8.16. The van der Waals surface area contributed by atoms with Gasteiger partial charge in [-0.25, -0.2) is 0 Å². The lowest BCUT2D eigenvalue weighted by atomic mass is 9.81. The number of benzene rings is 2. The van der Waals surface area contributed by atoms with E-state index in [1.807, 2.05) is 0 Å². The summed E-state index contributed by atoms with van der Waals surface area (Å²) in [7, 11) is -3.71. The quantitative estimate of drug-likeness (QED) is 0.409. The van der Waals surface area contributed by atoms with Gasteiger partial charge in [-0.05, 0) is 56.9 Å². The number of nitrogens with zero attached hydrogens (tertiary/aromatic N) is 1. The van der Waals surface area contributed by atoms with Gasteiger partial charge in [0.1, 0.15) is 0 Å². The second-order valence-corrected chi connectivity index (χ2v) is 15.7. The van der Waals surface area contributed by atoms with Crippen LogP contribution in [-0.4, -0.2) is 30.2 Å². The highest BCUT2D eigenvalue weighted by Gasteiger charge is 2.54. The van der Waals surface area contributed by atoms with Gasteiger partial charge in [0, 0.05) is 41.8 Å². The molecule has 3 heterocycles. The van der Waals surface area contributed by atoms with Gasteiger partial charge in [-0.2, -0.15) is 0 Å². The molecule has 3 aliphatic rings. The van der Waals surface area contributed by atoms with Crippen LogP contribution in [0.2, 0.25) is 0 Å². The van der Waals surface area contributed by atoms with Crippen molar-refractivity contribution in [2.75, 3.05) is 19.6 Å². The Balaban J connectivity index is 1.76. The Kier molecular flexibility index (Phi) is 7.40. The van der Waals surface area contributed by atoms with E-state index in [0.717, 1.165) is 85.2 Å². The standard InChI is InChI=1S/C32H46N2O3P/c1-21-16-23-20-24-17-22(2)19-26(32(6,7)8)29(24)37-38(35,36-28(23)25(18-21)31(3,4)5)27-12-9-10-14-34-15-11-13-33-30(27)34/h16-19,27,33H,9-15,20H2,1-8H3. The molecule has 2 aromatic rings. The fourth-order valence-electron chi connectivity index (χ4n) is 6.26. The summed E-state index contributed by atoms with van der Waals surface area (Å²) < 4.78 is 13.8. The number of aryl methyl sites for hydroxylation is 2. The third-order valence-corrected chi connectivity index (χ3v) is 10.3. The predicted octanol–water partition coefficient (Wildman–Crippen LogP) is 6.72. The Bertz CT molecular complexity index is 1130. The lowest BCUT2D eigenvalue weighted by molar-refractivity contribution is -0.206. The first kappa shape index (κ1) is 27.9. The Morgan fingerprint density at radius 2 is 1.34 bits per heavy atom. The number of nitrogens with one attached hydrogen (secondary N) is 1. The molecule has 207 valence electrons. The average molecular weight is 538 g/mol. The molecule has 5 nitrogen and oxygen atoms in total. The van der Waals surface area contributed by atoms with Crippen LogP contribution < -0.4 is 19.3 Å². The van der Waals surface area contributed by atoms with Crippen LogP contribution in [0.25, 0.3) is 0 Å². The van der Waals surface area contributed by atoms with E-state index >= 15 is 4.89 Å². The first-order chi connectivity index (χ1) is 17.8. The summed E-state index contributed by atoms with van der Waals surface area (Å²) in [5.74, 6) is 1.51. The van der Waals surface area contributed by atoms with Gasteiger partial charge in [-0.15, -0.1) is 0 Å². The lowest BCUT2D eigenvalue weighted by Crippen LogP contribution is -2.52. The van der Waals surface area contributed by atoms with Gasteiger partial charge in [-0.1, -0.05) is 76.9 Å². The molecule has 5 rings (SSSR count). The first-order valence-electron chi connectivity index (χ1n) is 14.4. The maximum atomic E-state index is 15.5. The van der Waals surface area contributed by atoms with Crippen LogP contribution in [0.4, 0.5) is 0 Å². The maximum absolute atomic E-state index is 15.5. The van der Waals surface area contributed by atoms with E-state index in [1.165, 1.54) is 11.1 Å². The van der Waals surface area contributed by atoms with E-state index in [-0.39, 0.29) is 16.5 Å². The summed E-state index contributed by atoms with van der Waals surface area (Å²) in [6.45, 7) is 20.4. The van der Waals surface area contributed by atoms with Crippen molar-refractivity contribution in [3.05, 3.63) is 63.8 Å². The van der Waals surface area contributed by atoms with Crippen LogP contribution >= 0.6 is 7.94 Å². The Morgan fingerprint density at radius 1 is 0.816 bits per heavy atom. The normalized spacial score (nSPS) is 22.6. The minimum absolute atomic E-state index is 0.169. The molecule has 0 bridgehead atoms. The van der Waals surface area contributed by atoms with Crippen molar-refractivity contribution in [1.82, 2.24) is 10.2 Å². The van der Waals surface area contributed by atoms with Crippen LogP contribution in [-0.2, 0) is 17.3 Å². The third kappa shape index (κ3) is 5.37. The van der Waals surface area contributed by atoms with Crippen molar-refractivity contribution in [3.63, 3.8) is 0 Å². The van der Waals surface area contributed by atoms with Gasteiger partial charge in [-0.3, -0.25) is 10.2 Å². The smallest absolute Gasteiger partial charge is 0.338 e. The van der Waals surface area contributed by atoms with Gasteiger partial charge < -0.3 is 13.9 Å². The summed E-state index contributed by atoms with van der Waals surface area (Å²) >= 11 is 0. The summed E-state index contributed by atoms with van der Waals surface area (Å²) in [5.41, 5.74) is 6.11. The number of fused-ring (bicyclic) bond motifs is 3. The molecule has 0 amide bonds. The van der Waals surface area contributed by atoms with E-state index in [9.17, 15) is 0 Å². The second-order valence-electron chi connectivity index (χ2n) is 13.7. The molecule has 2 aromatic carbocycles. The molecular formula is C32H46N2O3P. The van der Waals surface area contributed by atoms with E-state index in [2.05, 4.69) is 89.9 Å². The van der Waals surface area contributed by atoms with Crippen LogP contribution in [0.5, 0.6) is 11.5 Å². The number of hydrogen-bond acceptors (Lipinski definition) is 5. The SMILES string of the molecule is Cc1cc2c(c(C(C)(C)C)c1)O[P+]([O-])(C1CCCCN3CCCN[C]13)Oc1c(cc(C)cc1C(C)(C)C)C2. The topological polar surface area (TPSA) is 56.8 Å². The predicted molar refractivity (Wildman–Crippen MR) is 156 cm³/mol. The molecule has 2 saturated heterocycles. The largest absolute Gasteiger partial charge is 0.616 e. The van der Waals surface area contributed by atoms with E-state index < -0.39 is 7.94 Å². The summed E-state index contributed by atoms with van der Waals surface area (Å²) in [6.07, 6.45) is 5.71. The van der Waals surface area contributed by atoms with Crippen molar-refractivity contribution in [1.29, 1.82) is 0 Å². The van der Waals surface area contributed by atoms with Gasteiger partial charge in [0.25, 0.3) is 0 Å². The summed E-state index contributed by atoms with van der Waals surface area (Å²) in [6, 6.07) is 8.84. The van der Waals surface area contributed by atoms with Crippen molar-refractivity contribution < 1.29 is 13.9 Å². The van der Waals surface area contributed by atoms with Crippen molar-refractivity contribution in [3.8, 4) is 11.5 Å². The summed E-state index contributed by atoms with van der Waals surface area (Å²) in [5, 5.41) is 3.64. The highest BCUT2D eigenvalue weighted by atomic mass is 31.2. The molecule has 0 spiro atoms. The summed E-state index contributed by atoms with van der Waals surface area (Å²) in [4.78, 5) is 17.9. The van der Waals surface area contributed by atoms with E-state index in [1.54, 1.807) is 0 Å². The first-order valence-corrected chi connectivity index (χ1v) is 16.0. The molecule has 1 radical (unpaired) electrons. The molecule has 38 heavy (non-hydrogen) atoms. The van der Waals surface area contributed by atoms with Crippen LogP contribution in [0.15, 0.2) is 24.3 Å². The van der Waals surface area contributed by atoms with Gasteiger partial charge in [0.2, 0.25) is 0 Å². The molecule has 0 saturated carbocycles. The molecule has 3 aliphatic heterocycles. The molecule has 1 unspecified atom stereocenters. The van der Waals surface area contributed by atoms with Crippen molar-refractivity contribution >= 4 is 7.94 Å². The zero-order valence-electron chi connectivity index (χ0n) is 24.7. The van der Waals surface area contributed by atoms with E-state index in [0.29, 0.717) is 6.42 Å². The van der Waals surface area contributed by atoms with Crippen LogP contribution in [0, 0.1) is 20.0 Å². The highest BCUT2D eigenvalue weighted by Crippen LogP contribution is 2.64. The average Bonchev–Trinajstić information content (AvgIpc) is 3.03. The van der Waals surface area contributed by atoms with Crippen molar-refractivity contribution in [2.45, 2.75) is 104 Å². The zero-order valence-corrected chi connectivity index (χ0v) is 25.6. The number of hydrogen-bond donors (Lipinski definition) is 1. The van der Waals surface area contributed by atoms with Crippen LogP contribution in [0.1, 0.15) is 101 Å². The van der Waals surface area contributed by atoms with Crippen LogP contribution in [0.3, 0.4) is 0 Å². The Hall–Kier alpha value is -1.65. The Morgan fingerprint density at radius 3 is 1.87 bits per heavy atom. The molecule has 0 aliphatic carbocycles. The minimum atomic E-state index is -3.71.